The molecule has 0 saturated carbocycles. The van der Waals surface area contributed by atoms with Gasteiger partial charge in [-0.15, -0.1) is 0 Å². The summed E-state index contributed by atoms with van der Waals surface area (Å²) < 4.78 is 5.30. The number of carbonyl (C=O) groups excluding carboxylic acids is 1. The molecule has 0 aromatic carbocycles. The van der Waals surface area contributed by atoms with Gasteiger partial charge in [-0.05, 0) is 19.9 Å². The second-order valence-electron chi connectivity index (χ2n) is 4.14. The van der Waals surface area contributed by atoms with Crippen LogP contribution in [0.4, 0.5) is 0 Å². The number of ether oxygens (including phenoxy) is 1. The van der Waals surface area contributed by atoms with E-state index in [4.69, 9.17) is 22.1 Å². The van der Waals surface area contributed by atoms with Gasteiger partial charge in [-0.3, -0.25) is 4.79 Å². The molecule has 0 aliphatic carbocycles. The zero-order chi connectivity index (χ0) is 12.9. The van der Waals surface area contributed by atoms with Crippen molar-refractivity contribution in [2.24, 2.45) is 5.73 Å². The van der Waals surface area contributed by atoms with E-state index < -0.39 is 5.54 Å². The fraction of sp³-hybridized carbons (Fsp3) is 0.455. The quantitative estimate of drug-likeness (QED) is 0.771. The summed E-state index contributed by atoms with van der Waals surface area (Å²) in [5, 5.41) is 3.21. The molecule has 0 atom stereocenters. The van der Waals surface area contributed by atoms with Crippen LogP contribution < -0.4 is 15.8 Å². The average molecular weight is 258 g/mol. The van der Waals surface area contributed by atoms with Crippen LogP contribution in [0.1, 0.15) is 13.8 Å². The van der Waals surface area contributed by atoms with Crippen LogP contribution in [0.25, 0.3) is 0 Å². The van der Waals surface area contributed by atoms with Crippen molar-refractivity contribution in [3.63, 3.8) is 0 Å². The van der Waals surface area contributed by atoms with Crippen molar-refractivity contribution in [2.45, 2.75) is 19.4 Å². The summed E-state index contributed by atoms with van der Waals surface area (Å²) in [6, 6.07) is 3.35. The molecule has 1 heterocycles. The van der Waals surface area contributed by atoms with Gasteiger partial charge in [-0.1, -0.05) is 11.6 Å². The molecule has 1 amide bonds. The highest BCUT2D eigenvalue weighted by molar-refractivity contribution is 6.30. The molecule has 0 aliphatic heterocycles. The maximum atomic E-state index is 11.4. The normalized spacial score (nSPS) is 11.1. The van der Waals surface area contributed by atoms with Crippen molar-refractivity contribution in [3.8, 4) is 5.88 Å². The summed E-state index contributed by atoms with van der Waals surface area (Å²) in [7, 11) is 0. The topological polar surface area (TPSA) is 77.2 Å². The smallest absolute Gasteiger partial charge is 0.239 e. The van der Waals surface area contributed by atoms with Crippen molar-refractivity contribution < 1.29 is 9.53 Å². The van der Waals surface area contributed by atoms with E-state index in [9.17, 15) is 4.79 Å². The lowest BCUT2D eigenvalue weighted by Crippen LogP contribution is -2.49. The van der Waals surface area contributed by atoms with E-state index in [0.29, 0.717) is 24.1 Å². The van der Waals surface area contributed by atoms with Crippen molar-refractivity contribution in [3.05, 3.63) is 23.4 Å². The lowest BCUT2D eigenvalue weighted by Gasteiger charge is -2.17. The molecule has 17 heavy (non-hydrogen) atoms. The summed E-state index contributed by atoms with van der Waals surface area (Å²) >= 11 is 5.68. The van der Waals surface area contributed by atoms with E-state index in [1.807, 2.05) is 0 Å². The van der Waals surface area contributed by atoms with Crippen LogP contribution in [0.3, 0.4) is 0 Å². The Bertz CT molecular complexity index is 373. The van der Waals surface area contributed by atoms with Crippen molar-refractivity contribution >= 4 is 17.5 Å². The van der Waals surface area contributed by atoms with Gasteiger partial charge in [0.15, 0.2) is 0 Å². The fourth-order valence-electron chi connectivity index (χ4n) is 0.996. The number of hydrogen-bond donors (Lipinski definition) is 2. The molecular weight excluding hydrogens is 242 g/mol. The molecule has 0 fully saturated rings. The van der Waals surface area contributed by atoms with Gasteiger partial charge in [-0.25, -0.2) is 4.98 Å². The van der Waals surface area contributed by atoms with Crippen molar-refractivity contribution in [1.29, 1.82) is 0 Å². The molecule has 0 unspecified atom stereocenters. The lowest BCUT2D eigenvalue weighted by atomic mass is 10.1. The molecule has 6 heteroatoms. The lowest BCUT2D eigenvalue weighted by molar-refractivity contribution is -0.125. The van der Waals surface area contributed by atoms with Gasteiger partial charge in [0.2, 0.25) is 11.8 Å². The van der Waals surface area contributed by atoms with E-state index in [1.165, 1.54) is 6.20 Å². The third kappa shape index (κ3) is 5.01. The third-order valence-electron chi connectivity index (χ3n) is 1.92. The highest BCUT2D eigenvalue weighted by Gasteiger charge is 2.20. The molecule has 0 saturated heterocycles. The maximum absolute atomic E-state index is 11.4. The third-order valence-corrected chi connectivity index (χ3v) is 2.15. The standard InChI is InChI=1S/C11H16ClN3O2/c1-11(2,13)10(16)14-5-6-17-9-4-3-8(12)7-15-9/h3-4,7H,5-6,13H2,1-2H3,(H,14,16). The Morgan fingerprint density at radius 3 is 2.82 bits per heavy atom. The van der Waals surface area contributed by atoms with Crippen LogP contribution in [0, 0.1) is 0 Å². The summed E-state index contributed by atoms with van der Waals surface area (Å²) in [5.41, 5.74) is 4.73. The second kappa shape index (κ2) is 5.84. The first-order valence-electron chi connectivity index (χ1n) is 5.21. The summed E-state index contributed by atoms with van der Waals surface area (Å²) in [4.78, 5) is 15.3. The molecule has 0 bridgehead atoms. The number of amides is 1. The van der Waals surface area contributed by atoms with E-state index in [0.717, 1.165) is 0 Å². The van der Waals surface area contributed by atoms with Crippen molar-refractivity contribution in [2.75, 3.05) is 13.2 Å². The molecule has 0 spiro atoms. The number of rotatable bonds is 5. The van der Waals surface area contributed by atoms with Gasteiger partial charge in [0.05, 0.1) is 17.1 Å². The Hall–Kier alpha value is -1.33. The Morgan fingerprint density at radius 2 is 2.29 bits per heavy atom. The predicted molar refractivity (Wildman–Crippen MR) is 66.0 cm³/mol. The van der Waals surface area contributed by atoms with Gasteiger partial charge in [0.25, 0.3) is 0 Å². The number of pyridine rings is 1. The van der Waals surface area contributed by atoms with Gasteiger partial charge >= 0.3 is 0 Å². The number of nitrogens with zero attached hydrogens (tertiary/aromatic N) is 1. The Balaban J connectivity index is 2.25. The average Bonchev–Trinajstić information content (AvgIpc) is 2.25. The molecular formula is C11H16ClN3O2. The number of nitrogens with one attached hydrogen (secondary N) is 1. The number of nitrogens with two attached hydrogens (primary N) is 1. The van der Waals surface area contributed by atoms with Gasteiger partial charge in [0.1, 0.15) is 6.61 Å². The van der Waals surface area contributed by atoms with Crippen LogP contribution in [-0.2, 0) is 4.79 Å². The van der Waals surface area contributed by atoms with E-state index in [2.05, 4.69) is 10.3 Å². The largest absolute Gasteiger partial charge is 0.476 e. The number of aromatic nitrogens is 1. The minimum Gasteiger partial charge on any atom is -0.476 e. The molecule has 5 nitrogen and oxygen atoms in total. The molecule has 1 aromatic rings. The van der Waals surface area contributed by atoms with Crippen LogP contribution in [-0.4, -0.2) is 29.6 Å². The Morgan fingerprint density at radius 1 is 1.59 bits per heavy atom. The maximum Gasteiger partial charge on any atom is 0.239 e. The zero-order valence-electron chi connectivity index (χ0n) is 9.87. The number of carbonyl (C=O) groups is 1. The van der Waals surface area contributed by atoms with Gasteiger partial charge in [-0.2, -0.15) is 0 Å². The minimum absolute atomic E-state index is 0.217. The number of halogens is 1. The monoisotopic (exact) mass is 257 g/mol. The van der Waals surface area contributed by atoms with Crippen LogP contribution in [0.15, 0.2) is 18.3 Å². The van der Waals surface area contributed by atoms with Gasteiger partial charge < -0.3 is 15.8 Å². The highest BCUT2D eigenvalue weighted by Crippen LogP contribution is 2.10. The Kier molecular flexibility index (Phi) is 4.72. The predicted octanol–water partition coefficient (Wildman–Crippen LogP) is 0.967. The van der Waals surface area contributed by atoms with E-state index in [1.54, 1.807) is 26.0 Å². The van der Waals surface area contributed by atoms with Crippen LogP contribution in [0.2, 0.25) is 5.02 Å². The van der Waals surface area contributed by atoms with Crippen LogP contribution in [0.5, 0.6) is 5.88 Å². The summed E-state index contributed by atoms with van der Waals surface area (Å²) in [6.07, 6.45) is 1.50. The molecule has 1 rings (SSSR count). The molecule has 94 valence electrons. The number of hydrogen-bond acceptors (Lipinski definition) is 4. The zero-order valence-corrected chi connectivity index (χ0v) is 10.6. The second-order valence-corrected chi connectivity index (χ2v) is 4.58. The van der Waals surface area contributed by atoms with E-state index in [-0.39, 0.29) is 5.91 Å². The first-order valence-corrected chi connectivity index (χ1v) is 5.59. The molecule has 0 aliphatic rings. The van der Waals surface area contributed by atoms with Gasteiger partial charge in [0, 0.05) is 12.3 Å². The SMILES string of the molecule is CC(C)(N)C(=O)NCCOc1ccc(Cl)cn1. The summed E-state index contributed by atoms with van der Waals surface area (Å²) in [6.45, 7) is 3.99. The molecule has 1 aromatic heterocycles. The van der Waals surface area contributed by atoms with Crippen LogP contribution >= 0.6 is 11.6 Å². The molecule has 0 radical (unpaired) electrons. The highest BCUT2D eigenvalue weighted by atomic mass is 35.5. The fourth-order valence-corrected chi connectivity index (χ4v) is 1.11. The first kappa shape index (κ1) is 13.7. The minimum atomic E-state index is -0.876. The Labute approximate surface area is 105 Å². The molecule has 3 N–H and O–H groups in total. The first-order chi connectivity index (χ1) is 7.89. The summed E-state index contributed by atoms with van der Waals surface area (Å²) in [5.74, 6) is 0.251. The van der Waals surface area contributed by atoms with E-state index >= 15 is 0 Å². The van der Waals surface area contributed by atoms with Crippen molar-refractivity contribution in [1.82, 2.24) is 10.3 Å².